The van der Waals surface area contributed by atoms with Crippen LogP contribution >= 0.6 is 24.0 Å². The number of hydrogen-bond donors (Lipinski definition) is 3. The fraction of sp³-hybridized carbons (Fsp3) is 0.474. The number of halogens is 2. The van der Waals surface area contributed by atoms with Crippen molar-refractivity contribution in [2.45, 2.75) is 45.8 Å². The minimum Gasteiger partial charge on any atom is -0.443 e. The SMILES string of the molecule is CCNC(=NCc1ncc(C(C)(C)C)o1)NCC(O)c1ccccc1F.I. The third-order valence-electron chi connectivity index (χ3n) is 3.74. The van der Waals surface area contributed by atoms with Crippen molar-refractivity contribution < 1.29 is 13.9 Å². The van der Waals surface area contributed by atoms with Gasteiger partial charge in [0.15, 0.2) is 5.96 Å². The molecule has 0 saturated heterocycles. The Hall–Kier alpha value is -1.68. The first kappa shape index (κ1) is 23.4. The van der Waals surface area contributed by atoms with Crippen LogP contribution in [0.5, 0.6) is 0 Å². The fourth-order valence-corrected chi connectivity index (χ4v) is 2.27. The van der Waals surface area contributed by atoms with E-state index in [0.717, 1.165) is 5.76 Å². The van der Waals surface area contributed by atoms with Gasteiger partial charge in [-0.05, 0) is 13.0 Å². The van der Waals surface area contributed by atoms with Gasteiger partial charge < -0.3 is 20.2 Å². The second kappa shape index (κ2) is 10.6. The molecular weight excluding hydrogens is 462 g/mol. The van der Waals surface area contributed by atoms with Gasteiger partial charge in [0.25, 0.3) is 0 Å². The lowest BCUT2D eigenvalue weighted by atomic mass is 9.94. The second-order valence-electron chi connectivity index (χ2n) is 6.98. The maximum Gasteiger partial charge on any atom is 0.216 e. The molecule has 3 N–H and O–H groups in total. The predicted molar refractivity (Wildman–Crippen MR) is 115 cm³/mol. The zero-order valence-electron chi connectivity index (χ0n) is 16.1. The van der Waals surface area contributed by atoms with Crippen LogP contribution in [-0.4, -0.2) is 29.1 Å². The molecule has 27 heavy (non-hydrogen) atoms. The molecule has 0 aliphatic carbocycles. The summed E-state index contributed by atoms with van der Waals surface area (Å²) in [5, 5.41) is 16.3. The van der Waals surface area contributed by atoms with Gasteiger partial charge in [0.05, 0.1) is 12.3 Å². The predicted octanol–water partition coefficient (Wildman–Crippen LogP) is 3.52. The lowest BCUT2D eigenvalue weighted by molar-refractivity contribution is 0.176. The topological polar surface area (TPSA) is 82.7 Å². The fourth-order valence-electron chi connectivity index (χ4n) is 2.27. The van der Waals surface area contributed by atoms with Gasteiger partial charge in [-0.25, -0.2) is 14.4 Å². The molecule has 8 heteroatoms. The van der Waals surface area contributed by atoms with E-state index in [1.54, 1.807) is 24.4 Å². The molecule has 0 aliphatic rings. The standard InChI is InChI=1S/C19H27FN4O2.HI/c1-5-21-18(23-10-15(25)13-8-6-7-9-14(13)20)24-12-17-22-11-16(26-17)19(2,3)4;/h6-9,11,15,25H,5,10,12H2,1-4H3,(H2,21,23,24);1H. The number of guanidine groups is 1. The summed E-state index contributed by atoms with van der Waals surface area (Å²) in [6.45, 7) is 9.14. The molecule has 0 aliphatic heterocycles. The van der Waals surface area contributed by atoms with E-state index in [1.807, 2.05) is 6.92 Å². The smallest absolute Gasteiger partial charge is 0.216 e. The second-order valence-corrected chi connectivity index (χ2v) is 6.98. The highest BCUT2D eigenvalue weighted by atomic mass is 127. The Labute approximate surface area is 176 Å². The molecule has 6 nitrogen and oxygen atoms in total. The molecule has 0 radical (unpaired) electrons. The highest BCUT2D eigenvalue weighted by Crippen LogP contribution is 2.22. The van der Waals surface area contributed by atoms with Crippen molar-refractivity contribution >= 4 is 29.9 Å². The zero-order chi connectivity index (χ0) is 19.2. The van der Waals surface area contributed by atoms with Gasteiger partial charge in [0, 0.05) is 24.1 Å². The Balaban J connectivity index is 0.00000364. The van der Waals surface area contributed by atoms with Crippen molar-refractivity contribution in [2.75, 3.05) is 13.1 Å². The van der Waals surface area contributed by atoms with Crippen LogP contribution in [0.2, 0.25) is 0 Å². The van der Waals surface area contributed by atoms with Crippen LogP contribution in [0.4, 0.5) is 4.39 Å². The van der Waals surface area contributed by atoms with E-state index in [9.17, 15) is 9.50 Å². The van der Waals surface area contributed by atoms with Crippen LogP contribution in [0, 0.1) is 5.82 Å². The van der Waals surface area contributed by atoms with Crippen molar-refractivity contribution in [3.8, 4) is 0 Å². The van der Waals surface area contributed by atoms with Crippen LogP contribution in [0.25, 0.3) is 0 Å². The third-order valence-corrected chi connectivity index (χ3v) is 3.74. The maximum atomic E-state index is 13.7. The molecule has 0 bridgehead atoms. The first-order valence-electron chi connectivity index (χ1n) is 8.71. The summed E-state index contributed by atoms with van der Waals surface area (Å²) in [5.41, 5.74) is 0.139. The Kier molecular flexibility index (Phi) is 9.17. The maximum absolute atomic E-state index is 13.7. The summed E-state index contributed by atoms with van der Waals surface area (Å²) in [7, 11) is 0. The molecule has 2 aromatic rings. The Morgan fingerprint density at radius 2 is 2.00 bits per heavy atom. The van der Waals surface area contributed by atoms with Crippen molar-refractivity contribution in [1.29, 1.82) is 0 Å². The average molecular weight is 490 g/mol. The van der Waals surface area contributed by atoms with Crippen molar-refractivity contribution in [2.24, 2.45) is 4.99 Å². The minimum atomic E-state index is -0.978. The van der Waals surface area contributed by atoms with E-state index >= 15 is 0 Å². The monoisotopic (exact) mass is 490 g/mol. The number of hydrogen-bond acceptors (Lipinski definition) is 4. The van der Waals surface area contributed by atoms with Crippen LogP contribution in [-0.2, 0) is 12.0 Å². The largest absolute Gasteiger partial charge is 0.443 e. The normalized spacial score (nSPS) is 13.0. The molecule has 0 amide bonds. The van der Waals surface area contributed by atoms with E-state index < -0.39 is 11.9 Å². The number of aromatic nitrogens is 1. The Morgan fingerprint density at radius 1 is 1.30 bits per heavy atom. The van der Waals surface area contributed by atoms with Gasteiger partial charge >= 0.3 is 0 Å². The van der Waals surface area contributed by atoms with Crippen LogP contribution in [0.15, 0.2) is 39.9 Å². The molecular formula is C19H28FIN4O2. The van der Waals surface area contributed by atoms with E-state index in [2.05, 4.69) is 41.4 Å². The minimum absolute atomic E-state index is 0. The van der Waals surface area contributed by atoms with Gasteiger partial charge in [-0.3, -0.25) is 0 Å². The number of benzene rings is 1. The van der Waals surface area contributed by atoms with Crippen LogP contribution in [0.1, 0.15) is 51.0 Å². The van der Waals surface area contributed by atoms with Gasteiger partial charge in [-0.15, -0.1) is 24.0 Å². The summed E-state index contributed by atoms with van der Waals surface area (Å²) in [5.74, 6) is 1.38. The highest BCUT2D eigenvalue weighted by Gasteiger charge is 2.19. The molecule has 1 unspecified atom stereocenters. The van der Waals surface area contributed by atoms with Crippen molar-refractivity contribution in [3.05, 3.63) is 53.5 Å². The molecule has 2 rings (SSSR count). The number of nitrogens with zero attached hydrogens (tertiary/aromatic N) is 2. The number of aliphatic hydroxyl groups is 1. The molecule has 0 spiro atoms. The number of rotatable bonds is 6. The van der Waals surface area contributed by atoms with Crippen molar-refractivity contribution in [3.63, 3.8) is 0 Å². The number of oxazole rings is 1. The van der Waals surface area contributed by atoms with Crippen LogP contribution in [0.3, 0.4) is 0 Å². The van der Waals surface area contributed by atoms with Gasteiger partial charge in [-0.1, -0.05) is 39.0 Å². The van der Waals surface area contributed by atoms with Crippen molar-refractivity contribution in [1.82, 2.24) is 15.6 Å². The summed E-state index contributed by atoms with van der Waals surface area (Å²) in [6, 6.07) is 6.17. The van der Waals surface area contributed by atoms with Crippen LogP contribution < -0.4 is 10.6 Å². The highest BCUT2D eigenvalue weighted by molar-refractivity contribution is 14.0. The average Bonchev–Trinajstić information content (AvgIpc) is 3.07. The first-order valence-corrected chi connectivity index (χ1v) is 8.71. The van der Waals surface area contributed by atoms with Gasteiger partial charge in [0.2, 0.25) is 5.89 Å². The molecule has 1 heterocycles. The molecule has 1 aromatic carbocycles. The quantitative estimate of drug-likeness (QED) is 0.328. The number of aliphatic imine (C=N–C) groups is 1. The lowest BCUT2D eigenvalue weighted by Gasteiger charge is -2.16. The molecule has 150 valence electrons. The number of aliphatic hydroxyl groups excluding tert-OH is 1. The summed E-state index contributed by atoms with van der Waals surface area (Å²) in [4.78, 5) is 8.64. The molecule has 0 fully saturated rings. The summed E-state index contributed by atoms with van der Waals surface area (Å²) in [6.07, 6.45) is 0.738. The molecule has 1 aromatic heterocycles. The zero-order valence-corrected chi connectivity index (χ0v) is 18.5. The summed E-state index contributed by atoms with van der Waals surface area (Å²) >= 11 is 0. The van der Waals surface area contributed by atoms with E-state index in [0.29, 0.717) is 18.4 Å². The number of nitrogens with one attached hydrogen (secondary N) is 2. The van der Waals surface area contributed by atoms with E-state index in [1.165, 1.54) is 6.07 Å². The molecule has 0 saturated carbocycles. The summed E-state index contributed by atoms with van der Waals surface area (Å²) < 4.78 is 19.4. The third kappa shape index (κ3) is 7.10. The van der Waals surface area contributed by atoms with Gasteiger partial charge in [-0.2, -0.15) is 0 Å². The Morgan fingerprint density at radius 3 is 2.59 bits per heavy atom. The van der Waals surface area contributed by atoms with Gasteiger partial charge in [0.1, 0.15) is 18.1 Å². The van der Waals surface area contributed by atoms with E-state index in [4.69, 9.17) is 4.42 Å². The first-order chi connectivity index (χ1) is 12.3. The van der Waals surface area contributed by atoms with E-state index in [-0.39, 0.29) is 48.0 Å². The Bertz CT molecular complexity index is 743. The molecule has 1 atom stereocenters. The lowest BCUT2D eigenvalue weighted by Crippen LogP contribution is -2.39.